The maximum Gasteiger partial charge on any atom is 0.271 e. The lowest BCUT2D eigenvalue weighted by atomic mass is 10.0. The number of carbonyl (C=O) groups is 2. The van der Waals surface area contributed by atoms with E-state index in [9.17, 15) is 9.59 Å². The molecule has 2 aromatic heterocycles. The lowest BCUT2D eigenvalue weighted by Gasteiger charge is -2.23. The Labute approximate surface area is 272 Å². The fraction of sp³-hybridized carbons (Fsp3) is 0.294. The number of primary amides is 1. The van der Waals surface area contributed by atoms with E-state index in [1.807, 2.05) is 53.9 Å². The van der Waals surface area contributed by atoms with Crippen LogP contribution in [0.2, 0.25) is 10.0 Å². The molecule has 0 atom stereocenters. The maximum atomic E-state index is 14.4. The summed E-state index contributed by atoms with van der Waals surface area (Å²) < 4.78 is 1.91. The Morgan fingerprint density at radius 1 is 0.956 bits per heavy atom. The van der Waals surface area contributed by atoms with Gasteiger partial charge in [0.2, 0.25) is 11.9 Å². The number of halogens is 2. The summed E-state index contributed by atoms with van der Waals surface area (Å²) in [6, 6.07) is 21.3. The lowest BCUT2D eigenvalue weighted by Crippen LogP contribution is -2.40. The molecule has 0 saturated heterocycles. The minimum atomic E-state index is -0.615. The molecule has 5 aromatic rings. The fourth-order valence-electron chi connectivity index (χ4n) is 5.35. The fourth-order valence-corrected chi connectivity index (χ4v) is 5.85. The predicted molar refractivity (Wildman–Crippen MR) is 183 cm³/mol. The zero-order valence-corrected chi connectivity index (χ0v) is 27.4. The van der Waals surface area contributed by atoms with E-state index < -0.39 is 5.91 Å². The maximum absolute atomic E-state index is 14.4. The highest BCUT2D eigenvalue weighted by Crippen LogP contribution is 2.31. The zero-order valence-electron chi connectivity index (χ0n) is 25.8. The molecule has 0 bridgehead atoms. The van der Waals surface area contributed by atoms with Crippen molar-refractivity contribution in [3.05, 3.63) is 93.6 Å². The number of rotatable bonds is 12. The summed E-state index contributed by atoms with van der Waals surface area (Å²) >= 11 is 12.5. The first-order valence-corrected chi connectivity index (χ1v) is 15.6. The summed E-state index contributed by atoms with van der Waals surface area (Å²) in [5, 5.41) is 7.25. The van der Waals surface area contributed by atoms with Crippen molar-refractivity contribution in [2.24, 2.45) is 11.7 Å². The van der Waals surface area contributed by atoms with Crippen molar-refractivity contribution in [3.8, 4) is 0 Å². The third kappa shape index (κ3) is 7.32. The number of nitrogens with one attached hydrogen (secondary N) is 1. The van der Waals surface area contributed by atoms with Crippen molar-refractivity contribution >= 4 is 68.6 Å². The van der Waals surface area contributed by atoms with Crippen LogP contribution in [0.4, 0.5) is 11.8 Å². The number of nitrogens with zero attached hydrogens (tertiary/aromatic N) is 5. The number of carbonyl (C=O) groups excluding carboxylic acids is 2. The van der Waals surface area contributed by atoms with Crippen LogP contribution < -0.4 is 16.0 Å². The minimum absolute atomic E-state index is 0.215. The van der Waals surface area contributed by atoms with Gasteiger partial charge < -0.3 is 25.4 Å². The molecule has 9 nitrogen and oxygen atoms in total. The third-order valence-electron chi connectivity index (χ3n) is 7.55. The van der Waals surface area contributed by atoms with Crippen molar-refractivity contribution in [1.82, 2.24) is 19.4 Å². The standard InChI is InChI=1S/C34H37Cl2N7O2/c1-21(2)18-38-34-39-31(41(3)4)27-17-29(33(45)42(20-30(37)44)15-14-23-12-13-25(35)16-28(23)36)43(32(27)40-34)19-24-10-7-9-22-8-5-6-11-26(22)24/h5-13,16-17,21H,14-15,18-20H2,1-4H3,(H2,37,44)(H,38,39,40). The molecule has 0 aliphatic rings. The SMILES string of the molecule is CC(C)CNc1nc(N(C)C)c2cc(C(=O)N(CCc3ccc(Cl)cc3Cl)CC(N)=O)n(Cc3cccc4ccccc34)c2n1. The average Bonchev–Trinajstić information content (AvgIpc) is 3.36. The number of anilines is 2. The summed E-state index contributed by atoms with van der Waals surface area (Å²) in [6.45, 7) is 5.24. The molecular formula is C34H37Cl2N7O2. The molecule has 0 saturated carbocycles. The van der Waals surface area contributed by atoms with E-state index >= 15 is 0 Å². The van der Waals surface area contributed by atoms with Gasteiger partial charge in [0.05, 0.1) is 18.5 Å². The molecule has 234 valence electrons. The second kappa shape index (κ2) is 13.7. The highest BCUT2D eigenvalue weighted by Gasteiger charge is 2.26. The second-order valence-electron chi connectivity index (χ2n) is 11.7. The Morgan fingerprint density at radius 3 is 2.42 bits per heavy atom. The van der Waals surface area contributed by atoms with Gasteiger partial charge in [0.25, 0.3) is 5.91 Å². The number of hydrogen-bond donors (Lipinski definition) is 2. The van der Waals surface area contributed by atoms with Crippen molar-refractivity contribution in [3.63, 3.8) is 0 Å². The summed E-state index contributed by atoms with van der Waals surface area (Å²) in [5.74, 6) is 0.562. The Balaban J connectivity index is 1.64. The van der Waals surface area contributed by atoms with Crippen molar-refractivity contribution in [2.45, 2.75) is 26.8 Å². The molecular weight excluding hydrogens is 609 g/mol. The van der Waals surface area contributed by atoms with Gasteiger partial charge in [-0.25, -0.2) is 0 Å². The van der Waals surface area contributed by atoms with Gasteiger partial charge in [-0.3, -0.25) is 9.59 Å². The highest BCUT2D eigenvalue weighted by atomic mass is 35.5. The van der Waals surface area contributed by atoms with Crippen LogP contribution in [0.5, 0.6) is 0 Å². The van der Waals surface area contributed by atoms with Gasteiger partial charge >= 0.3 is 0 Å². The highest BCUT2D eigenvalue weighted by molar-refractivity contribution is 6.35. The van der Waals surface area contributed by atoms with E-state index in [0.717, 1.165) is 27.3 Å². The number of amides is 2. The van der Waals surface area contributed by atoms with Crippen molar-refractivity contribution in [1.29, 1.82) is 0 Å². The number of hydrogen-bond acceptors (Lipinski definition) is 6. The van der Waals surface area contributed by atoms with Crippen molar-refractivity contribution in [2.75, 3.05) is 43.9 Å². The van der Waals surface area contributed by atoms with Gasteiger partial charge in [-0.15, -0.1) is 0 Å². The molecule has 2 amide bonds. The lowest BCUT2D eigenvalue weighted by molar-refractivity contribution is -0.118. The molecule has 11 heteroatoms. The van der Waals surface area contributed by atoms with Crippen LogP contribution in [0.15, 0.2) is 66.7 Å². The topological polar surface area (TPSA) is 109 Å². The molecule has 2 heterocycles. The smallest absolute Gasteiger partial charge is 0.271 e. The van der Waals surface area contributed by atoms with Gasteiger partial charge in [0.1, 0.15) is 17.2 Å². The molecule has 3 aromatic carbocycles. The molecule has 0 aliphatic carbocycles. The molecule has 0 fully saturated rings. The Hall–Kier alpha value is -4.34. The number of fused-ring (bicyclic) bond motifs is 2. The van der Waals surface area contributed by atoms with Crippen LogP contribution in [-0.4, -0.2) is 65.0 Å². The first kappa shape index (κ1) is 32.1. The molecule has 0 aliphatic heterocycles. The van der Waals surface area contributed by atoms with Crippen LogP contribution >= 0.6 is 23.2 Å². The van der Waals surface area contributed by atoms with E-state index in [-0.39, 0.29) is 19.0 Å². The second-order valence-corrected chi connectivity index (χ2v) is 12.6. The van der Waals surface area contributed by atoms with E-state index in [1.165, 1.54) is 4.90 Å². The molecule has 3 N–H and O–H groups in total. The molecule has 5 rings (SSSR count). The summed E-state index contributed by atoms with van der Waals surface area (Å²) in [5.41, 5.74) is 8.46. The van der Waals surface area contributed by atoms with E-state index in [1.54, 1.807) is 12.1 Å². The Kier molecular flexibility index (Phi) is 9.80. The van der Waals surface area contributed by atoms with Crippen LogP contribution in [0.3, 0.4) is 0 Å². The van der Waals surface area contributed by atoms with Crippen LogP contribution in [0, 0.1) is 5.92 Å². The monoisotopic (exact) mass is 645 g/mol. The van der Waals surface area contributed by atoms with Crippen LogP contribution in [-0.2, 0) is 17.8 Å². The molecule has 45 heavy (non-hydrogen) atoms. The molecule has 0 spiro atoms. The largest absolute Gasteiger partial charge is 0.368 e. The van der Waals surface area contributed by atoms with Gasteiger partial charge in [-0.1, -0.05) is 85.6 Å². The van der Waals surface area contributed by atoms with Gasteiger partial charge in [0, 0.05) is 37.2 Å². The van der Waals surface area contributed by atoms with Gasteiger partial charge in [-0.2, -0.15) is 9.97 Å². The van der Waals surface area contributed by atoms with E-state index in [0.29, 0.717) is 58.6 Å². The predicted octanol–water partition coefficient (Wildman–Crippen LogP) is 6.24. The molecule has 0 unspecified atom stereocenters. The summed E-state index contributed by atoms with van der Waals surface area (Å²) in [6.07, 6.45) is 0.407. The summed E-state index contributed by atoms with van der Waals surface area (Å²) in [4.78, 5) is 39.7. The van der Waals surface area contributed by atoms with Crippen LogP contribution in [0.1, 0.15) is 35.5 Å². The first-order chi connectivity index (χ1) is 21.5. The quantitative estimate of drug-likeness (QED) is 0.166. The normalized spacial score (nSPS) is 11.4. The zero-order chi connectivity index (χ0) is 32.2. The first-order valence-electron chi connectivity index (χ1n) is 14.8. The van der Waals surface area contributed by atoms with E-state index in [4.69, 9.17) is 38.9 Å². The van der Waals surface area contributed by atoms with Gasteiger partial charge in [-0.05, 0) is 52.4 Å². The number of nitrogens with two attached hydrogens (primary N) is 1. The van der Waals surface area contributed by atoms with Crippen LogP contribution in [0.25, 0.3) is 21.8 Å². The van der Waals surface area contributed by atoms with E-state index in [2.05, 4.69) is 43.4 Å². The molecule has 0 radical (unpaired) electrons. The number of aromatic nitrogens is 3. The van der Waals surface area contributed by atoms with Gasteiger partial charge in [0.15, 0.2) is 0 Å². The van der Waals surface area contributed by atoms with Crippen molar-refractivity contribution < 1.29 is 9.59 Å². The average molecular weight is 647 g/mol. The number of benzene rings is 3. The Morgan fingerprint density at radius 2 is 1.71 bits per heavy atom. The Bertz CT molecular complexity index is 1860. The third-order valence-corrected chi connectivity index (χ3v) is 8.14. The minimum Gasteiger partial charge on any atom is -0.368 e. The summed E-state index contributed by atoms with van der Waals surface area (Å²) in [7, 11) is 3.82.